The molecule has 0 radical (unpaired) electrons. The van der Waals surface area contributed by atoms with Crippen molar-refractivity contribution in [2.24, 2.45) is 0 Å². The van der Waals surface area contributed by atoms with Crippen molar-refractivity contribution >= 4 is 23.5 Å². The highest BCUT2D eigenvalue weighted by Crippen LogP contribution is 2.22. The minimum atomic E-state index is -0.653. The summed E-state index contributed by atoms with van der Waals surface area (Å²) in [6, 6.07) is 15.2. The first-order valence-electron chi connectivity index (χ1n) is 7.84. The van der Waals surface area contributed by atoms with Crippen LogP contribution in [0.3, 0.4) is 0 Å². The first kappa shape index (κ1) is 16.5. The van der Waals surface area contributed by atoms with Gasteiger partial charge in [0.2, 0.25) is 5.91 Å². The summed E-state index contributed by atoms with van der Waals surface area (Å²) < 4.78 is 5.68. The van der Waals surface area contributed by atoms with Gasteiger partial charge in [0.25, 0.3) is 5.91 Å². The average Bonchev–Trinajstić information content (AvgIpc) is 2.93. The molecule has 1 heterocycles. The van der Waals surface area contributed by atoms with Gasteiger partial charge >= 0.3 is 6.03 Å². The number of amides is 4. The van der Waals surface area contributed by atoms with Crippen molar-refractivity contribution in [3.05, 3.63) is 54.6 Å². The van der Waals surface area contributed by atoms with Gasteiger partial charge in [0.05, 0.1) is 0 Å². The third-order valence-corrected chi connectivity index (χ3v) is 3.64. The highest BCUT2D eigenvalue weighted by atomic mass is 16.5. The first-order valence-corrected chi connectivity index (χ1v) is 7.84. The van der Waals surface area contributed by atoms with E-state index in [1.165, 1.54) is 0 Å². The molecule has 0 spiro atoms. The summed E-state index contributed by atoms with van der Waals surface area (Å²) in [5.41, 5.74) is 0.630. The molecule has 1 atom stereocenters. The predicted octanol–water partition coefficient (Wildman–Crippen LogP) is 2.41. The van der Waals surface area contributed by atoms with Crippen LogP contribution >= 0.6 is 0 Å². The van der Waals surface area contributed by atoms with E-state index >= 15 is 0 Å². The minimum absolute atomic E-state index is 0.126. The summed E-state index contributed by atoms with van der Waals surface area (Å²) in [6.07, 6.45) is 0.374. The number of benzene rings is 2. The van der Waals surface area contributed by atoms with Crippen molar-refractivity contribution in [3.8, 4) is 11.5 Å². The number of ether oxygens (including phenoxy) is 1. The van der Waals surface area contributed by atoms with E-state index < -0.39 is 18.0 Å². The van der Waals surface area contributed by atoms with E-state index in [0.29, 0.717) is 11.4 Å². The molecule has 2 aromatic carbocycles. The van der Waals surface area contributed by atoms with Crippen molar-refractivity contribution in [1.82, 2.24) is 10.6 Å². The fourth-order valence-electron chi connectivity index (χ4n) is 2.39. The van der Waals surface area contributed by atoms with Gasteiger partial charge in [0.1, 0.15) is 17.5 Å². The van der Waals surface area contributed by atoms with Crippen LogP contribution in [0.2, 0.25) is 0 Å². The first-order chi connectivity index (χ1) is 12.1. The molecule has 1 saturated heterocycles. The summed E-state index contributed by atoms with van der Waals surface area (Å²) in [4.78, 5) is 34.4. The molecule has 0 bridgehead atoms. The smallest absolute Gasteiger partial charge is 0.322 e. The standard InChI is InChI=1S/C18H17N3O4/c22-16(11-10-15-17(23)21-18(24)20-15)19-12-6-8-14(9-7-12)25-13-4-2-1-3-5-13/h1-9,15H,10-11H2,(H,19,22)(H2,20,21,23,24)/t15-/m0/s1. The number of para-hydroxylation sites is 1. The molecule has 1 aliphatic rings. The fourth-order valence-corrected chi connectivity index (χ4v) is 2.39. The van der Waals surface area contributed by atoms with Crippen LogP contribution in [-0.2, 0) is 9.59 Å². The third kappa shape index (κ3) is 4.57. The largest absolute Gasteiger partial charge is 0.457 e. The molecule has 0 unspecified atom stereocenters. The molecule has 128 valence electrons. The Hall–Kier alpha value is -3.35. The third-order valence-electron chi connectivity index (χ3n) is 3.64. The maximum Gasteiger partial charge on any atom is 0.322 e. The normalized spacial score (nSPS) is 16.1. The number of urea groups is 1. The molecule has 3 N–H and O–H groups in total. The molecular weight excluding hydrogens is 322 g/mol. The van der Waals surface area contributed by atoms with Crippen LogP contribution in [-0.4, -0.2) is 23.9 Å². The second-order valence-corrected chi connectivity index (χ2v) is 5.54. The van der Waals surface area contributed by atoms with Crippen molar-refractivity contribution < 1.29 is 19.1 Å². The quantitative estimate of drug-likeness (QED) is 0.704. The molecular formula is C18H17N3O4. The molecule has 0 aliphatic carbocycles. The van der Waals surface area contributed by atoms with Gasteiger partial charge in [-0.05, 0) is 42.8 Å². The minimum Gasteiger partial charge on any atom is -0.457 e. The number of carbonyl (C=O) groups is 3. The maximum atomic E-state index is 11.9. The van der Waals surface area contributed by atoms with E-state index in [2.05, 4.69) is 16.0 Å². The lowest BCUT2D eigenvalue weighted by Gasteiger charge is -2.09. The summed E-state index contributed by atoms with van der Waals surface area (Å²) in [5, 5.41) is 7.33. The maximum absolute atomic E-state index is 11.9. The zero-order valence-corrected chi connectivity index (χ0v) is 13.3. The highest BCUT2D eigenvalue weighted by molar-refractivity contribution is 6.04. The second kappa shape index (κ2) is 7.48. The van der Waals surface area contributed by atoms with Crippen LogP contribution in [0, 0.1) is 0 Å². The molecule has 3 rings (SSSR count). The van der Waals surface area contributed by atoms with E-state index in [4.69, 9.17) is 4.74 Å². The molecule has 25 heavy (non-hydrogen) atoms. The number of anilines is 1. The molecule has 1 aliphatic heterocycles. The van der Waals surface area contributed by atoms with Crippen LogP contribution in [0.5, 0.6) is 11.5 Å². The van der Waals surface area contributed by atoms with Crippen LogP contribution in [0.25, 0.3) is 0 Å². The summed E-state index contributed by atoms with van der Waals surface area (Å²) in [7, 11) is 0. The predicted molar refractivity (Wildman–Crippen MR) is 91.3 cm³/mol. The van der Waals surface area contributed by atoms with Crippen molar-refractivity contribution in [2.75, 3.05) is 5.32 Å². The topological polar surface area (TPSA) is 96.5 Å². The highest BCUT2D eigenvalue weighted by Gasteiger charge is 2.29. The van der Waals surface area contributed by atoms with Crippen LogP contribution in [0.1, 0.15) is 12.8 Å². The van der Waals surface area contributed by atoms with Gasteiger partial charge in [-0.3, -0.25) is 14.9 Å². The van der Waals surface area contributed by atoms with Crippen molar-refractivity contribution in [3.63, 3.8) is 0 Å². The monoisotopic (exact) mass is 339 g/mol. The Labute approximate surface area is 144 Å². The fraction of sp³-hybridized carbons (Fsp3) is 0.167. The van der Waals surface area contributed by atoms with Gasteiger partial charge in [-0.25, -0.2) is 4.79 Å². The summed E-state index contributed by atoms with van der Waals surface area (Å²) in [6.45, 7) is 0. The number of carbonyl (C=O) groups excluding carboxylic acids is 3. The number of rotatable bonds is 6. The number of hydrogen-bond donors (Lipinski definition) is 3. The Morgan fingerprint density at radius 3 is 2.32 bits per heavy atom. The Bertz CT molecular complexity index is 775. The molecule has 0 aromatic heterocycles. The Morgan fingerprint density at radius 1 is 1.00 bits per heavy atom. The molecule has 7 nitrogen and oxygen atoms in total. The van der Waals surface area contributed by atoms with E-state index in [-0.39, 0.29) is 18.7 Å². The van der Waals surface area contributed by atoms with Gasteiger partial charge in [-0.2, -0.15) is 0 Å². The van der Waals surface area contributed by atoms with Crippen LogP contribution < -0.4 is 20.7 Å². The van der Waals surface area contributed by atoms with Crippen molar-refractivity contribution in [2.45, 2.75) is 18.9 Å². The Morgan fingerprint density at radius 2 is 1.68 bits per heavy atom. The Kier molecular flexibility index (Phi) is 4.94. The van der Waals surface area contributed by atoms with Gasteiger partial charge in [0, 0.05) is 12.1 Å². The second-order valence-electron chi connectivity index (χ2n) is 5.54. The van der Waals surface area contributed by atoms with Gasteiger partial charge in [0.15, 0.2) is 0 Å². The molecule has 1 fully saturated rings. The van der Waals surface area contributed by atoms with E-state index in [1.807, 2.05) is 30.3 Å². The number of hydrogen-bond acceptors (Lipinski definition) is 4. The van der Waals surface area contributed by atoms with Crippen molar-refractivity contribution in [1.29, 1.82) is 0 Å². The van der Waals surface area contributed by atoms with Crippen LogP contribution in [0.15, 0.2) is 54.6 Å². The summed E-state index contributed by atoms with van der Waals surface area (Å²) >= 11 is 0. The number of nitrogens with one attached hydrogen (secondary N) is 3. The van der Waals surface area contributed by atoms with E-state index in [1.54, 1.807) is 24.3 Å². The summed E-state index contributed by atoms with van der Waals surface area (Å²) in [5.74, 6) is 0.761. The van der Waals surface area contributed by atoms with E-state index in [9.17, 15) is 14.4 Å². The zero-order valence-electron chi connectivity index (χ0n) is 13.3. The lowest BCUT2D eigenvalue weighted by atomic mass is 10.1. The molecule has 4 amide bonds. The molecule has 2 aromatic rings. The van der Waals surface area contributed by atoms with E-state index in [0.717, 1.165) is 5.75 Å². The SMILES string of the molecule is O=C(CC[C@@H]1NC(=O)NC1=O)Nc1ccc(Oc2ccccc2)cc1. The lowest BCUT2D eigenvalue weighted by Crippen LogP contribution is -2.30. The zero-order chi connectivity index (χ0) is 17.6. The average molecular weight is 339 g/mol. The van der Waals surface area contributed by atoms with Gasteiger partial charge < -0.3 is 15.4 Å². The van der Waals surface area contributed by atoms with Crippen LogP contribution in [0.4, 0.5) is 10.5 Å². The Balaban J connectivity index is 1.48. The molecule has 7 heteroatoms. The van der Waals surface area contributed by atoms with Gasteiger partial charge in [-0.1, -0.05) is 18.2 Å². The molecule has 0 saturated carbocycles. The number of imide groups is 1. The lowest BCUT2D eigenvalue weighted by molar-refractivity contribution is -0.120. The van der Waals surface area contributed by atoms with Gasteiger partial charge in [-0.15, -0.1) is 0 Å².